The molecule has 0 radical (unpaired) electrons. The number of ether oxygens (including phenoxy) is 1. The number of aliphatic hydroxyl groups excluding tert-OH is 1. The van der Waals surface area contributed by atoms with Crippen LogP contribution in [0.15, 0.2) is 54.6 Å². The number of hydrogen-bond acceptors (Lipinski definition) is 4. The van der Waals surface area contributed by atoms with Crippen LogP contribution < -0.4 is 0 Å². The number of nitrogens with zero attached hydrogens (tertiary/aromatic N) is 1. The first-order valence-electron chi connectivity index (χ1n) is 8.50. The number of hydrogen-bond donors (Lipinski definition) is 2. The summed E-state index contributed by atoms with van der Waals surface area (Å²) in [6.07, 6.45) is 0.0450. The molecule has 2 aromatic carbocycles. The molecule has 1 heterocycles. The van der Waals surface area contributed by atoms with Crippen LogP contribution >= 0.6 is 0 Å². The molecule has 0 spiro atoms. The van der Waals surface area contributed by atoms with E-state index >= 15 is 0 Å². The molecule has 3 rings (SSSR count). The van der Waals surface area contributed by atoms with E-state index in [2.05, 4.69) is 4.90 Å². The van der Waals surface area contributed by atoms with Gasteiger partial charge in [0.25, 0.3) is 0 Å². The first-order valence-corrected chi connectivity index (χ1v) is 8.50. The van der Waals surface area contributed by atoms with Crippen molar-refractivity contribution < 1.29 is 19.7 Å². The van der Waals surface area contributed by atoms with Crippen LogP contribution in [0.5, 0.6) is 0 Å². The molecule has 0 bridgehead atoms. The van der Waals surface area contributed by atoms with E-state index in [0.717, 1.165) is 17.7 Å². The van der Waals surface area contributed by atoms with Gasteiger partial charge in [0.1, 0.15) is 0 Å². The number of morpholine rings is 1. The van der Waals surface area contributed by atoms with Crippen molar-refractivity contribution in [2.75, 3.05) is 19.8 Å². The van der Waals surface area contributed by atoms with E-state index in [4.69, 9.17) is 9.84 Å². The summed E-state index contributed by atoms with van der Waals surface area (Å²) in [4.78, 5) is 13.4. The van der Waals surface area contributed by atoms with Crippen molar-refractivity contribution in [1.29, 1.82) is 0 Å². The molecule has 1 fully saturated rings. The zero-order valence-corrected chi connectivity index (χ0v) is 14.0. The number of aliphatic hydroxyl groups is 1. The third-order valence-electron chi connectivity index (χ3n) is 4.59. The summed E-state index contributed by atoms with van der Waals surface area (Å²) in [6, 6.07) is 16.7. The molecule has 0 amide bonds. The Labute approximate surface area is 147 Å². The second-order valence-corrected chi connectivity index (χ2v) is 6.37. The molecule has 0 saturated carbocycles. The summed E-state index contributed by atoms with van der Waals surface area (Å²) in [6.45, 7) is 2.64. The summed E-state index contributed by atoms with van der Waals surface area (Å²) >= 11 is 0. The first-order chi connectivity index (χ1) is 12.1. The highest BCUT2D eigenvalue weighted by Gasteiger charge is 2.26. The summed E-state index contributed by atoms with van der Waals surface area (Å²) < 4.78 is 5.60. The molecule has 2 N–H and O–H groups in total. The Morgan fingerprint density at radius 1 is 1.20 bits per heavy atom. The van der Waals surface area contributed by atoms with Gasteiger partial charge in [0.05, 0.1) is 24.9 Å². The maximum atomic E-state index is 11.1. The lowest BCUT2D eigenvalue weighted by Gasteiger charge is -2.36. The van der Waals surface area contributed by atoms with Crippen LogP contribution in [0, 0.1) is 0 Å². The maximum absolute atomic E-state index is 11.1. The van der Waals surface area contributed by atoms with Crippen molar-refractivity contribution in [3.8, 4) is 0 Å². The van der Waals surface area contributed by atoms with Gasteiger partial charge in [0.2, 0.25) is 0 Å². The highest BCUT2D eigenvalue weighted by atomic mass is 16.5. The Morgan fingerprint density at radius 2 is 2.00 bits per heavy atom. The van der Waals surface area contributed by atoms with Crippen molar-refractivity contribution in [2.24, 2.45) is 0 Å². The van der Waals surface area contributed by atoms with Gasteiger partial charge in [-0.1, -0.05) is 42.5 Å². The number of aromatic carboxylic acids is 1. The van der Waals surface area contributed by atoms with Gasteiger partial charge in [-0.05, 0) is 29.7 Å². The predicted octanol–water partition coefficient (Wildman–Crippen LogP) is 2.71. The van der Waals surface area contributed by atoms with Crippen LogP contribution in [-0.4, -0.2) is 46.9 Å². The summed E-state index contributed by atoms with van der Waals surface area (Å²) in [5.41, 5.74) is 2.16. The van der Waals surface area contributed by atoms with Crippen LogP contribution in [0.4, 0.5) is 0 Å². The fourth-order valence-electron chi connectivity index (χ4n) is 3.22. The molecule has 1 aliphatic heterocycles. The number of carbonyl (C=O) groups is 1. The van der Waals surface area contributed by atoms with Gasteiger partial charge < -0.3 is 14.9 Å². The lowest BCUT2D eigenvalue weighted by molar-refractivity contribution is -0.0300. The minimum Gasteiger partial charge on any atom is -0.478 e. The molecule has 5 heteroatoms. The average Bonchev–Trinajstić information content (AvgIpc) is 2.64. The molecule has 2 atom stereocenters. The minimum absolute atomic E-state index is 0.0949. The fraction of sp³-hybridized carbons (Fsp3) is 0.350. The van der Waals surface area contributed by atoms with E-state index < -0.39 is 12.1 Å². The van der Waals surface area contributed by atoms with Crippen LogP contribution in [-0.2, 0) is 11.3 Å². The monoisotopic (exact) mass is 341 g/mol. The van der Waals surface area contributed by atoms with Gasteiger partial charge in [-0.15, -0.1) is 0 Å². The van der Waals surface area contributed by atoms with Crippen LogP contribution in [0.25, 0.3) is 0 Å². The topological polar surface area (TPSA) is 70.0 Å². The van der Waals surface area contributed by atoms with E-state index in [9.17, 15) is 9.90 Å². The van der Waals surface area contributed by atoms with E-state index in [1.165, 1.54) is 0 Å². The lowest BCUT2D eigenvalue weighted by Crippen LogP contribution is -2.45. The van der Waals surface area contributed by atoms with E-state index in [-0.39, 0.29) is 6.04 Å². The molecular weight excluding hydrogens is 318 g/mol. The Hall–Kier alpha value is -2.21. The number of carboxylic acid groups (broad SMARTS) is 1. The van der Waals surface area contributed by atoms with Crippen molar-refractivity contribution in [3.05, 3.63) is 71.3 Å². The van der Waals surface area contributed by atoms with Crippen molar-refractivity contribution >= 4 is 5.97 Å². The fourth-order valence-corrected chi connectivity index (χ4v) is 3.22. The molecule has 0 aromatic heterocycles. The molecular formula is C20H23NO4. The Morgan fingerprint density at radius 3 is 2.76 bits per heavy atom. The van der Waals surface area contributed by atoms with Gasteiger partial charge >= 0.3 is 5.97 Å². The Bertz CT molecular complexity index is 704. The highest BCUT2D eigenvalue weighted by molar-refractivity contribution is 5.87. The molecule has 5 nitrogen and oxygen atoms in total. The minimum atomic E-state index is -0.917. The standard InChI is InChI=1S/C20H23NO4/c22-19(16-6-2-1-3-7-16)12-18-14-25-10-9-21(18)13-15-5-4-8-17(11-15)20(23)24/h1-8,11,18-19,22H,9-10,12-14H2,(H,23,24). The molecule has 1 aliphatic rings. The van der Waals surface area contributed by atoms with Crippen molar-refractivity contribution in [1.82, 2.24) is 4.90 Å². The third kappa shape index (κ3) is 4.66. The normalized spacial score (nSPS) is 19.5. The molecule has 132 valence electrons. The van der Waals surface area contributed by atoms with Crippen LogP contribution in [0.3, 0.4) is 0 Å². The van der Waals surface area contributed by atoms with Crippen molar-refractivity contribution in [3.63, 3.8) is 0 Å². The highest BCUT2D eigenvalue weighted by Crippen LogP contribution is 2.24. The summed E-state index contributed by atoms with van der Waals surface area (Å²) in [5, 5.41) is 19.7. The Balaban J connectivity index is 1.68. The quantitative estimate of drug-likeness (QED) is 0.845. The zero-order chi connectivity index (χ0) is 17.6. The smallest absolute Gasteiger partial charge is 0.335 e. The summed E-state index contributed by atoms with van der Waals surface area (Å²) in [5.74, 6) is -0.917. The second kappa shape index (κ2) is 8.25. The van der Waals surface area contributed by atoms with Gasteiger partial charge in [-0.25, -0.2) is 4.79 Å². The largest absolute Gasteiger partial charge is 0.478 e. The van der Waals surface area contributed by atoms with Gasteiger partial charge in [-0.3, -0.25) is 4.90 Å². The van der Waals surface area contributed by atoms with E-state index in [0.29, 0.717) is 31.7 Å². The number of carboxylic acids is 1. The molecule has 2 unspecified atom stereocenters. The molecule has 25 heavy (non-hydrogen) atoms. The molecule has 2 aromatic rings. The van der Waals surface area contributed by atoms with E-state index in [1.807, 2.05) is 36.4 Å². The van der Waals surface area contributed by atoms with E-state index in [1.54, 1.807) is 18.2 Å². The van der Waals surface area contributed by atoms with Crippen LogP contribution in [0.1, 0.15) is 34.0 Å². The zero-order valence-electron chi connectivity index (χ0n) is 14.0. The predicted molar refractivity (Wildman–Crippen MR) is 94.4 cm³/mol. The SMILES string of the molecule is O=C(O)c1cccc(CN2CCOCC2CC(O)c2ccccc2)c1. The number of benzene rings is 2. The molecule has 0 aliphatic carbocycles. The summed E-state index contributed by atoms with van der Waals surface area (Å²) in [7, 11) is 0. The van der Waals surface area contributed by atoms with Gasteiger partial charge in [0.15, 0.2) is 0 Å². The average molecular weight is 341 g/mol. The third-order valence-corrected chi connectivity index (χ3v) is 4.59. The Kier molecular flexibility index (Phi) is 5.81. The number of rotatable bonds is 6. The van der Waals surface area contributed by atoms with Crippen molar-refractivity contribution in [2.45, 2.75) is 25.1 Å². The second-order valence-electron chi connectivity index (χ2n) is 6.37. The lowest BCUT2D eigenvalue weighted by atomic mass is 10.00. The van der Waals surface area contributed by atoms with Gasteiger partial charge in [0, 0.05) is 19.1 Å². The van der Waals surface area contributed by atoms with Gasteiger partial charge in [-0.2, -0.15) is 0 Å². The van der Waals surface area contributed by atoms with Crippen LogP contribution in [0.2, 0.25) is 0 Å². The maximum Gasteiger partial charge on any atom is 0.335 e. The molecule has 1 saturated heterocycles. The first kappa shape index (κ1) is 17.6.